The molecule has 0 aliphatic rings. The van der Waals surface area contributed by atoms with Gasteiger partial charge in [-0.3, -0.25) is 4.79 Å². The summed E-state index contributed by atoms with van der Waals surface area (Å²) in [6, 6.07) is 14.9. The van der Waals surface area contributed by atoms with Crippen LogP contribution in [0.1, 0.15) is 12.5 Å². The fraction of sp³-hybridized carbons (Fsp3) is 0.188. The van der Waals surface area contributed by atoms with Crippen LogP contribution in [0.5, 0.6) is 0 Å². The third-order valence-corrected chi connectivity index (χ3v) is 4.67. The average Bonchev–Trinajstić information content (AvgIpc) is 2.47. The summed E-state index contributed by atoms with van der Waals surface area (Å²) in [6.07, 6.45) is 0. The smallest absolute Gasteiger partial charge is 0.237 e. The first-order valence-corrected chi connectivity index (χ1v) is 8.28. The van der Waals surface area contributed by atoms with E-state index in [-0.39, 0.29) is 11.2 Å². The summed E-state index contributed by atoms with van der Waals surface area (Å²) in [5.41, 5.74) is 1.74. The summed E-state index contributed by atoms with van der Waals surface area (Å²) < 4.78 is 0. The van der Waals surface area contributed by atoms with Crippen LogP contribution in [-0.4, -0.2) is 11.2 Å². The van der Waals surface area contributed by atoms with Crippen molar-refractivity contribution in [1.29, 1.82) is 0 Å². The molecule has 0 saturated carbocycles. The molecule has 0 saturated heterocycles. The van der Waals surface area contributed by atoms with E-state index < -0.39 is 0 Å². The van der Waals surface area contributed by atoms with Gasteiger partial charge in [0.1, 0.15) is 0 Å². The summed E-state index contributed by atoms with van der Waals surface area (Å²) in [5.74, 6) is 0.674. The number of benzene rings is 2. The van der Waals surface area contributed by atoms with Crippen molar-refractivity contribution in [2.45, 2.75) is 17.9 Å². The maximum absolute atomic E-state index is 12.1. The van der Waals surface area contributed by atoms with Crippen LogP contribution >= 0.6 is 35.0 Å². The molecule has 5 heteroatoms. The summed E-state index contributed by atoms with van der Waals surface area (Å²) in [5, 5.41) is 3.91. The maximum Gasteiger partial charge on any atom is 0.237 e. The van der Waals surface area contributed by atoms with Crippen LogP contribution < -0.4 is 5.32 Å². The highest BCUT2D eigenvalue weighted by Gasteiger charge is 2.14. The number of amides is 1. The van der Waals surface area contributed by atoms with Gasteiger partial charge in [-0.05, 0) is 36.8 Å². The molecule has 0 spiro atoms. The van der Waals surface area contributed by atoms with E-state index in [9.17, 15) is 4.79 Å². The highest BCUT2D eigenvalue weighted by Crippen LogP contribution is 2.24. The third kappa shape index (κ3) is 4.95. The minimum absolute atomic E-state index is 0.0601. The minimum Gasteiger partial charge on any atom is -0.324 e. The monoisotopic (exact) mass is 339 g/mol. The lowest BCUT2D eigenvalue weighted by molar-refractivity contribution is -0.115. The van der Waals surface area contributed by atoms with Crippen molar-refractivity contribution in [2.75, 3.05) is 5.32 Å². The number of anilines is 1. The van der Waals surface area contributed by atoms with Crippen molar-refractivity contribution < 1.29 is 4.79 Å². The zero-order valence-electron chi connectivity index (χ0n) is 11.5. The maximum atomic E-state index is 12.1. The molecule has 2 rings (SSSR count). The molecule has 1 N–H and O–H groups in total. The minimum atomic E-state index is -0.180. The van der Waals surface area contributed by atoms with Crippen LogP contribution in [0.25, 0.3) is 0 Å². The first-order valence-electron chi connectivity index (χ1n) is 6.47. The van der Waals surface area contributed by atoms with Gasteiger partial charge in [0.25, 0.3) is 0 Å². The average molecular weight is 340 g/mol. The molecule has 1 unspecified atom stereocenters. The number of thioether (sulfide) groups is 1. The zero-order valence-corrected chi connectivity index (χ0v) is 13.8. The lowest BCUT2D eigenvalue weighted by atomic mass is 10.2. The van der Waals surface area contributed by atoms with Gasteiger partial charge in [0.2, 0.25) is 5.91 Å². The van der Waals surface area contributed by atoms with Gasteiger partial charge < -0.3 is 5.32 Å². The SMILES string of the molecule is CC(SCc1cccc(Cl)c1)C(=O)Nc1ccccc1Cl. The molecular formula is C16H15Cl2NOS. The fourth-order valence-corrected chi connectivity index (χ4v) is 2.95. The molecule has 0 heterocycles. The Hall–Kier alpha value is -1.16. The van der Waals surface area contributed by atoms with Gasteiger partial charge in [-0.2, -0.15) is 0 Å². The summed E-state index contributed by atoms with van der Waals surface area (Å²) >= 11 is 13.5. The Morgan fingerprint density at radius 1 is 1.19 bits per heavy atom. The number of para-hydroxylation sites is 1. The van der Waals surface area contributed by atoms with Crippen molar-refractivity contribution >= 4 is 46.6 Å². The molecule has 2 aromatic carbocycles. The first kappa shape index (κ1) is 16.2. The predicted octanol–water partition coefficient (Wildman–Crippen LogP) is 5.25. The van der Waals surface area contributed by atoms with Crippen LogP contribution in [0.4, 0.5) is 5.69 Å². The Kier molecular flexibility index (Phi) is 5.97. The second-order valence-electron chi connectivity index (χ2n) is 4.55. The Bertz CT molecular complexity index is 633. The quantitative estimate of drug-likeness (QED) is 0.805. The van der Waals surface area contributed by atoms with Crippen LogP contribution in [0, 0.1) is 0 Å². The summed E-state index contributed by atoms with van der Waals surface area (Å²) in [4.78, 5) is 12.1. The number of hydrogen-bond acceptors (Lipinski definition) is 2. The largest absolute Gasteiger partial charge is 0.324 e. The van der Waals surface area contributed by atoms with Gasteiger partial charge in [0.15, 0.2) is 0 Å². The number of hydrogen-bond donors (Lipinski definition) is 1. The number of nitrogens with one attached hydrogen (secondary N) is 1. The second-order valence-corrected chi connectivity index (χ2v) is 6.73. The molecule has 2 aromatic rings. The van der Waals surface area contributed by atoms with Gasteiger partial charge in [-0.15, -0.1) is 11.8 Å². The first-order chi connectivity index (χ1) is 10.1. The van der Waals surface area contributed by atoms with Crippen LogP contribution in [0.15, 0.2) is 48.5 Å². The van der Waals surface area contributed by atoms with E-state index in [0.717, 1.165) is 11.3 Å². The molecular weight excluding hydrogens is 325 g/mol. The number of carbonyl (C=O) groups is 1. The molecule has 0 fully saturated rings. The molecule has 0 bridgehead atoms. The van der Waals surface area contributed by atoms with Gasteiger partial charge >= 0.3 is 0 Å². The van der Waals surface area contributed by atoms with Crippen molar-refractivity contribution in [3.8, 4) is 0 Å². The van der Waals surface area contributed by atoms with E-state index in [2.05, 4.69) is 5.32 Å². The lowest BCUT2D eigenvalue weighted by Crippen LogP contribution is -2.22. The van der Waals surface area contributed by atoms with Gasteiger partial charge in [0, 0.05) is 10.8 Å². The standard InChI is InChI=1S/C16H15Cl2NOS/c1-11(21-10-12-5-4-6-13(17)9-12)16(20)19-15-8-3-2-7-14(15)18/h2-9,11H,10H2,1H3,(H,19,20). The van der Waals surface area contributed by atoms with Crippen LogP contribution in [0.3, 0.4) is 0 Å². The topological polar surface area (TPSA) is 29.1 Å². The predicted molar refractivity (Wildman–Crippen MR) is 92.3 cm³/mol. The molecule has 1 amide bonds. The normalized spacial score (nSPS) is 12.0. The molecule has 110 valence electrons. The van der Waals surface area contributed by atoms with Gasteiger partial charge in [-0.25, -0.2) is 0 Å². The van der Waals surface area contributed by atoms with Crippen LogP contribution in [-0.2, 0) is 10.5 Å². The molecule has 1 atom stereocenters. The van der Waals surface area contributed by atoms with Crippen molar-refractivity contribution in [2.24, 2.45) is 0 Å². The summed E-state index contributed by atoms with van der Waals surface area (Å²) in [6.45, 7) is 1.88. The van der Waals surface area contributed by atoms with E-state index in [0.29, 0.717) is 15.7 Å². The molecule has 2 nitrogen and oxygen atoms in total. The molecule has 0 aromatic heterocycles. The van der Waals surface area contributed by atoms with Crippen molar-refractivity contribution in [3.63, 3.8) is 0 Å². The zero-order chi connectivity index (χ0) is 15.2. The molecule has 0 aliphatic heterocycles. The van der Waals surface area contributed by atoms with E-state index >= 15 is 0 Å². The van der Waals surface area contributed by atoms with E-state index in [4.69, 9.17) is 23.2 Å². The Balaban J connectivity index is 1.90. The Morgan fingerprint density at radius 3 is 2.67 bits per heavy atom. The fourth-order valence-electron chi connectivity index (χ4n) is 1.72. The third-order valence-electron chi connectivity index (χ3n) is 2.89. The highest BCUT2D eigenvalue weighted by molar-refractivity contribution is 7.99. The van der Waals surface area contributed by atoms with E-state index in [1.54, 1.807) is 23.9 Å². The molecule has 0 radical (unpaired) electrons. The van der Waals surface area contributed by atoms with E-state index in [1.807, 2.05) is 43.3 Å². The number of rotatable bonds is 5. The Labute approximate surface area is 138 Å². The number of halogens is 2. The second kappa shape index (κ2) is 7.74. The summed E-state index contributed by atoms with van der Waals surface area (Å²) in [7, 11) is 0. The Morgan fingerprint density at radius 2 is 1.95 bits per heavy atom. The van der Waals surface area contributed by atoms with Gasteiger partial charge in [-0.1, -0.05) is 47.5 Å². The molecule has 21 heavy (non-hydrogen) atoms. The lowest BCUT2D eigenvalue weighted by Gasteiger charge is -2.13. The molecule has 0 aliphatic carbocycles. The van der Waals surface area contributed by atoms with Crippen molar-refractivity contribution in [3.05, 3.63) is 64.1 Å². The van der Waals surface area contributed by atoms with E-state index in [1.165, 1.54) is 0 Å². The van der Waals surface area contributed by atoms with Gasteiger partial charge in [0.05, 0.1) is 16.0 Å². The van der Waals surface area contributed by atoms with Crippen molar-refractivity contribution in [1.82, 2.24) is 0 Å². The number of carbonyl (C=O) groups excluding carboxylic acids is 1. The highest BCUT2D eigenvalue weighted by atomic mass is 35.5. The van der Waals surface area contributed by atoms with Crippen LogP contribution in [0.2, 0.25) is 10.0 Å².